The van der Waals surface area contributed by atoms with Gasteiger partial charge in [0, 0.05) is 45.6 Å². The summed E-state index contributed by atoms with van der Waals surface area (Å²) in [7, 11) is 0. The van der Waals surface area contributed by atoms with Crippen molar-refractivity contribution >= 4 is 93.3 Å². The number of aromatic nitrogens is 3. The zero-order valence-electron chi connectivity index (χ0n) is 19.3. The Hall–Kier alpha value is -4.34. The van der Waals surface area contributed by atoms with E-state index in [0.717, 1.165) is 11.3 Å². The topological polar surface area (TPSA) is 148 Å². The highest BCUT2D eigenvalue weighted by Crippen LogP contribution is 2.37. The van der Waals surface area contributed by atoms with E-state index in [-0.39, 0.29) is 28.1 Å². The Balaban J connectivity index is 1.68. The predicted octanol–water partition coefficient (Wildman–Crippen LogP) is 7.52. The van der Waals surface area contributed by atoms with Gasteiger partial charge in [0.1, 0.15) is 11.6 Å². The Kier molecular flexibility index (Phi) is 7.28. The normalized spacial score (nSPS) is 10.8. The molecule has 2 aromatic carbocycles. The molecule has 0 aliphatic carbocycles. The first-order valence-electron chi connectivity index (χ1n) is 10.9. The average molecular weight is 671 g/mol. The summed E-state index contributed by atoms with van der Waals surface area (Å²) in [6.07, 6.45) is 3.03. The molecule has 194 valence electrons. The Labute approximate surface area is 240 Å². The van der Waals surface area contributed by atoms with E-state index < -0.39 is 15.9 Å². The zero-order valence-corrected chi connectivity index (χ0v) is 23.3. The largest absolute Gasteiger partial charge is 0.342 e. The van der Waals surface area contributed by atoms with Crippen LogP contribution in [0.15, 0.2) is 88.1 Å². The number of fused-ring (bicyclic) bond motifs is 1. The molecule has 12 nitrogen and oxygen atoms in total. The van der Waals surface area contributed by atoms with E-state index in [1.807, 2.05) is 0 Å². The maximum absolute atomic E-state index is 14.4. The first-order chi connectivity index (χ1) is 18.7. The number of rotatable bonds is 6. The van der Waals surface area contributed by atoms with Crippen molar-refractivity contribution in [3.8, 4) is 0 Å². The number of carbonyl (C=O) groups excluding carboxylic acids is 1. The number of nitro benzene ring substituents is 2. The van der Waals surface area contributed by atoms with Crippen LogP contribution in [0.25, 0.3) is 10.2 Å². The molecule has 0 fully saturated rings. The van der Waals surface area contributed by atoms with E-state index in [4.69, 9.17) is 0 Å². The molecule has 0 atom stereocenters. The first-order valence-corrected chi connectivity index (χ1v) is 13.3. The summed E-state index contributed by atoms with van der Waals surface area (Å²) in [6.45, 7) is 0. The quantitative estimate of drug-likeness (QED) is 0.133. The summed E-state index contributed by atoms with van der Waals surface area (Å²) < 4.78 is 1.86. The van der Waals surface area contributed by atoms with Gasteiger partial charge in [-0.25, -0.2) is 29.5 Å². The van der Waals surface area contributed by atoms with Gasteiger partial charge in [-0.15, -0.1) is 0 Å². The minimum absolute atomic E-state index is 0.107. The lowest BCUT2D eigenvalue weighted by atomic mass is 10.2. The van der Waals surface area contributed by atoms with E-state index in [1.54, 1.807) is 24.3 Å². The molecule has 0 aliphatic rings. The van der Waals surface area contributed by atoms with E-state index >= 15 is 0 Å². The number of carbonyl (C=O) groups is 1. The van der Waals surface area contributed by atoms with Crippen LogP contribution in [0.4, 0.5) is 38.6 Å². The van der Waals surface area contributed by atoms with Gasteiger partial charge in [-0.1, -0.05) is 11.3 Å². The second kappa shape index (κ2) is 10.8. The van der Waals surface area contributed by atoms with Crippen molar-refractivity contribution in [3.05, 3.63) is 108 Å². The Bertz CT molecular complexity index is 1710. The van der Waals surface area contributed by atoms with Gasteiger partial charge >= 0.3 is 6.03 Å². The molecule has 5 aromatic rings. The van der Waals surface area contributed by atoms with E-state index in [0.29, 0.717) is 24.8 Å². The standard InChI is InChI=1S/C24H13Br2N7O5S/c25-14-1-9-21(27-12-14)30(16-3-5-17(6-4-16)32(35)36)24(34)31(22-10-2-15(26)13-28-22)23-29-19-8-7-18(33(37)38)11-20(19)39-23/h1-13H. The van der Waals surface area contributed by atoms with Gasteiger partial charge in [-0.3, -0.25) is 20.2 Å². The van der Waals surface area contributed by atoms with Gasteiger partial charge in [0.25, 0.3) is 11.4 Å². The van der Waals surface area contributed by atoms with Crippen molar-refractivity contribution in [3.63, 3.8) is 0 Å². The fraction of sp³-hybridized carbons (Fsp3) is 0. The zero-order chi connectivity index (χ0) is 27.7. The van der Waals surface area contributed by atoms with Crippen LogP contribution in [-0.2, 0) is 0 Å². The molecule has 15 heteroatoms. The molecular weight excluding hydrogens is 658 g/mol. The number of pyridine rings is 2. The number of nitrogens with zero attached hydrogens (tertiary/aromatic N) is 7. The van der Waals surface area contributed by atoms with Crippen LogP contribution in [-0.4, -0.2) is 30.8 Å². The highest BCUT2D eigenvalue weighted by atomic mass is 79.9. The van der Waals surface area contributed by atoms with Gasteiger partial charge in [0.2, 0.25) is 5.13 Å². The molecule has 3 aromatic heterocycles. The summed E-state index contributed by atoms with van der Waals surface area (Å²) >= 11 is 7.75. The predicted molar refractivity (Wildman–Crippen MR) is 153 cm³/mol. The molecule has 0 bridgehead atoms. The lowest BCUT2D eigenvalue weighted by Gasteiger charge is -2.28. The van der Waals surface area contributed by atoms with Crippen LogP contribution >= 0.6 is 43.2 Å². The first kappa shape index (κ1) is 26.3. The number of nitro groups is 2. The fourth-order valence-corrected chi connectivity index (χ4v) is 5.02. The molecule has 0 aliphatic heterocycles. The van der Waals surface area contributed by atoms with E-state index in [1.165, 1.54) is 64.7 Å². The van der Waals surface area contributed by atoms with Crippen molar-refractivity contribution in [1.29, 1.82) is 0 Å². The third-order valence-electron chi connectivity index (χ3n) is 5.35. The monoisotopic (exact) mass is 669 g/mol. The van der Waals surface area contributed by atoms with Gasteiger partial charge in [-0.2, -0.15) is 0 Å². The summed E-state index contributed by atoms with van der Waals surface area (Å²) in [4.78, 5) is 51.7. The number of benzene rings is 2. The molecule has 2 amide bonds. The number of non-ortho nitro benzene ring substituents is 2. The summed E-state index contributed by atoms with van der Waals surface area (Å²) in [6, 6.07) is 15.7. The highest BCUT2D eigenvalue weighted by molar-refractivity contribution is 9.10. The number of hydrogen-bond donors (Lipinski definition) is 0. The Morgan fingerprint density at radius 1 is 0.769 bits per heavy atom. The van der Waals surface area contributed by atoms with Crippen LogP contribution in [0, 0.1) is 20.2 Å². The molecule has 0 N–H and O–H groups in total. The van der Waals surface area contributed by atoms with E-state index in [2.05, 4.69) is 46.8 Å². The molecule has 0 unspecified atom stereocenters. The number of halogens is 2. The van der Waals surface area contributed by atoms with Crippen molar-refractivity contribution in [1.82, 2.24) is 15.0 Å². The van der Waals surface area contributed by atoms with Crippen LogP contribution in [0.2, 0.25) is 0 Å². The van der Waals surface area contributed by atoms with E-state index in [9.17, 15) is 25.0 Å². The second-order valence-corrected chi connectivity index (χ2v) is 10.6. The minimum Gasteiger partial charge on any atom is -0.258 e. The number of urea groups is 1. The Morgan fingerprint density at radius 2 is 1.33 bits per heavy atom. The minimum atomic E-state index is -0.637. The third-order valence-corrected chi connectivity index (χ3v) is 7.29. The summed E-state index contributed by atoms with van der Waals surface area (Å²) in [5.74, 6) is 0.455. The second-order valence-electron chi connectivity index (χ2n) is 7.80. The van der Waals surface area contributed by atoms with Crippen LogP contribution in [0.1, 0.15) is 0 Å². The smallest absolute Gasteiger partial charge is 0.258 e. The molecule has 0 saturated heterocycles. The van der Waals surface area contributed by atoms with Gasteiger partial charge in [0.15, 0.2) is 0 Å². The summed E-state index contributed by atoms with van der Waals surface area (Å²) in [5, 5.41) is 22.7. The number of hydrogen-bond acceptors (Lipinski definition) is 9. The maximum atomic E-state index is 14.4. The molecule has 3 heterocycles. The molecule has 0 saturated carbocycles. The van der Waals surface area contributed by atoms with Crippen molar-refractivity contribution in [2.24, 2.45) is 0 Å². The number of thiazole rings is 1. The molecule has 5 rings (SSSR count). The third kappa shape index (κ3) is 5.45. The molecule has 0 spiro atoms. The van der Waals surface area contributed by atoms with Crippen LogP contribution < -0.4 is 9.80 Å². The van der Waals surface area contributed by atoms with Crippen molar-refractivity contribution in [2.45, 2.75) is 0 Å². The molecular formula is C24H13Br2N7O5S. The van der Waals surface area contributed by atoms with Crippen molar-refractivity contribution < 1.29 is 14.6 Å². The Morgan fingerprint density at radius 3 is 1.87 bits per heavy atom. The fourth-order valence-electron chi connectivity index (χ4n) is 3.55. The lowest BCUT2D eigenvalue weighted by Crippen LogP contribution is -2.39. The number of anilines is 4. The average Bonchev–Trinajstić information content (AvgIpc) is 3.34. The van der Waals surface area contributed by atoms with Crippen LogP contribution in [0.3, 0.4) is 0 Å². The summed E-state index contributed by atoms with van der Waals surface area (Å²) in [5.41, 5.74) is 0.511. The lowest BCUT2D eigenvalue weighted by molar-refractivity contribution is -0.385. The maximum Gasteiger partial charge on any atom is 0.342 e. The van der Waals surface area contributed by atoms with Crippen LogP contribution in [0.5, 0.6) is 0 Å². The molecule has 0 radical (unpaired) electrons. The molecule has 39 heavy (non-hydrogen) atoms. The van der Waals surface area contributed by atoms with Gasteiger partial charge in [-0.05, 0) is 74.3 Å². The number of amides is 2. The SMILES string of the molecule is O=C(N(c1ccc([N+](=O)[O-])cc1)c1ccc(Br)cn1)N(c1ccc(Br)cn1)c1nc2ccc([N+](=O)[O-])cc2s1. The highest BCUT2D eigenvalue weighted by Gasteiger charge is 2.31. The van der Waals surface area contributed by atoms with Gasteiger partial charge in [0.05, 0.1) is 25.8 Å². The van der Waals surface area contributed by atoms with Crippen molar-refractivity contribution in [2.75, 3.05) is 9.80 Å². The van der Waals surface area contributed by atoms with Gasteiger partial charge < -0.3 is 0 Å².